The normalized spacial score (nSPS) is 12.5. The van der Waals surface area contributed by atoms with E-state index >= 15 is 0 Å². The Morgan fingerprint density at radius 3 is 1.28 bits per heavy atom. The van der Waals surface area contributed by atoms with Crippen LogP contribution in [0.15, 0.2) is 201 Å². The van der Waals surface area contributed by atoms with Crippen molar-refractivity contribution in [3.8, 4) is 61.6 Å². The molecule has 13 rings (SSSR count). The molecular formula is C58H38N2O. The number of nitrogens with zero attached hydrogens (tertiary/aromatic N) is 2. The maximum atomic E-state index is 6.15. The lowest BCUT2D eigenvalue weighted by Gasteiger charge is -2.15. The first kappa shape index (κ1) is 34.0. The molecule has 0 N–H and O–H groups in total. The number of ether oxygens (including phenoxy) is 1. The van der Waals surface area contributed by atoms with E-state index in [9.17, 15) is 0 Å². The number of aromatic nitrogens is 2. The highest BCUT2D eigenvalue weighted by atomic mass is 16.5. The highest BCUT2D eigenvalue weighted by molar-refractivity contribution is 6.12. The Morgan fingerprint density at radius 1 is 0.361 bits per heavy atom. The minimum Gasteiger partial charge on any atom is -0.465 e. The molecule has 0 unspecified atom stereocenters. The summed E-state index contributed by atoms with van der Waals surface area (Å²) in [5, 5.41) is 4.85. The Balaban J connectivity index is 0.964. The van der Waals surface area contributed by atoms with Crippen LogP contribution < -0.4 is 4.74 Å². The van der Waals surface area contributed by atoms with Gasteiger partial charge in [0.1, 0.15) is 5.75 Å². The van der Waals surface area contributed by atoms with Gasteiger partial charge in [-0.15, -0.1) is 0 Å². The van der Waals surface area contributed by atoms with Gasteiger partial charge < -0.3 is 13.9 Å². The molecule has 2 aromatic heterocycles. The number of fused-ring (bicyclic) bond motifs is 12. The van der Waals surface area contributed by atoms with E-state index in [1.165, 1.54) is 94.6 Å². The van der Waals surface area contributed by atoms with Gasteiger partial charge in [-0.3, -0.25) is 0 Å². The Morgan fingerprint density at radius 2 is 0.770 bits per heavy atom. The van der Waals surface area contributed by atoms with Crippen LogP contribution in [0.25, 0.3) is 99.5 Å². The van der Waals surface area contributed by atoms with Crippen LogP contribution in [0.4, 0.5) is 0 Å². The molecule has 0 fully saturated rings. The van der Waals surface area contributed by atoms with Crippen molar-refractivity contribution in [1.82, 2.24) is 9.13 Å². The zero-order valence-electron chi connectivity index (χ0n) is 33.4. The summed E-state index contributed by atoms with van der Waals surface area (Å²) in [7, 11) is 0. The van der Waals surface area contributed by atoms with Gasteiger partial charge in [0, 0.05) is 33.7 Å². The van der Waals surface area contributed by atoms with Gasteiger partial charge in [-0.25, -0.2) is 0 Å². The number of rotatable bonds is 6. The van der Waals surface area contributed by atoms with Crippen LogP contribution >= 0.6 is 0 Å². The van der Waals surface area contributed by atoms with Crippen LogP contribution in [-0.4, -0.2) is 9.13 Å². The summed E-state index contributed by atoms with van der Waals surface area (Å²) in [6.07, 6.45) is 3.51. The van der Waals surface area contributed by atoms with Gasteiger partial charge in [-0.05, 0) is 134 Å². The van der Waals surface area contributed by atoms with Crippen molar-refractivity contribution in [2.24, 2.45) is 0 Å². The topological polar surface area (TPSA) is 19.1 Å². The molecule has 0 saturated heterocycles. The van der Waals surface area contributed by atoms with Crippen LogP contribution in [0.3, 0.4) is 0 Å². The molecule has 11 aromatic rings. The van der Waals surface area contributed by atoms with Gasteiger partial charge in [-0.2, -0.15) is 0 Å². The van der Waals surface area contributed by atoms with Crippen LogP contribution in [0.5, 0.6) is 5.75 Å². The van der Waals surface area contributed by atoms with Crippen LogP contribution in [0.1, 0.15) is 22.3 Å². The minimum absolute atomic E-state index is 0.726. The summed E-state index contributed by atoms with van der Waals surface area (Å²) in [6, 6.07) is 69.4. The third-order valence-electron chi connectivity index (χ3n) is 13.2. The maximum Gasteiger partial charge on any atom is 0.130 e. The molecule has 0 atom stereocenters. The van der Waals surface area contributed by atoms with Gasteiger partial charge in [-0.1, -0.05) is 128 Å². The largest absolute Gasteiger partial charge is 0.465 e. The van der Waals surface area contributed by atoms with E-state index in [-0.39, 0.29) is 0 Å². The van der Waals surface area contributed by atoms with Crippen molar-refractivity contribution >= 4 is 43.6 Å². The summed E-state index contributed by atoms with van der Waals surface area (Å²) < 4.78 is 10.9. The second-order valence-electron chi connectivity index (χ2n) is 16.6. The molecule has 9 aromatic carbocycles. The molecule has 0 radical (unpaired) electrons. The Bertz CT molecular complexity index is 3420. The number of hydrogen-bond acceptors (Lipinski definition) is 1. The molecule has 0 bridgehead atoms. The number of benzene rings is 9. The Hall–Kier alpha value is -7.88. The van der Waals surface area contributed by atoms with Gasteiger partial charge in [0.25, 0.3) is 0 Å². The second kappa shape index (κ2) is 13.1. The fraction of sp³-hybridized carbons (Fsp3) is 0.0345. The van der Waals surface area contributed by atoms with E-state index in [1.807, 2.05) is 0 Å². The van der Waals surface area contributed by atoms with E-state index in [0.717, 1.165) is 52.0 Å². The quantitative estimate of drug-likeness (QED) is 0.154. The fourth-order valence-corrected chi connectivity index (χ4v) is 10.5. The molecule has 2 heterocycles. The molecule has 2 aliphatic rings. The maximum absolute atomic E-state index is 6.15. The van der Waals surface area contributed by atoms with Crippen molar-refractivity contribution in [2.75, 3.05) is 0 Å². The van der Waals surface area contributed by atoms with Crippen LogP contribution in [0, 0.1) is 0 Å². The lowest BCUT2D eigenvalue weighted by molar-refractivity contribution is 0.483. The highest BCUT2D eigenvalue weighted by Gasteiger charge is 2.22. The van der Waals surface area contributed by atoms with E-state index in [4.69, 9.17) is 4.74 Å². The summed E-state index contributed by atoms with van der Waals surface area (Å²) >= 11 is 0. The van der Waals surface area contributed by atoms with Crippen molar-refractivity contribution in [2.45, 2.75) is 12.8 Å². The van der Waals surface area contributed by atoms with Crippen molar-refractivity contribution in [3.05, 3.63) is 223 Å². The van der Waals surface area contributed by atoms with E-state index < -0.39 is 0 Å². The Kier molecular flexibility index (Phi) is 7.29. The first-order valence-corrected chi connectivity index (χ1v) is 21.1. The zero-order valence-corrected chi connectivity index (χ0v) is 33.4. The van der Waals surface area contributed by atoms with E-state index in [2.05, 4.69) is 204 Å². The first-order chi connectivity index (χ1) is 30.2. The predicted octanol–water partition coefficient (Wildman–Crippen LogP) is 14.9. The second-order valence-corrected chi connectivity index (χ2v) is 16.6. The van der Waals surface area contributed by atoms with E-state index in [1.54, 1.807) is 0 Å². The predicted molar refractivity (Wildman–Crippen MR) is 253 cm³/mol. The van der Waals surface area contributed by atoms with Crippen molar-refractivity contribution < 1.29 is 4.74 Å². The van der Waals surface area contributed by atoms with Gasteiger partial charge >= 0.3 is 0 Å². The standard InChI is InChI=1S/C58H38N2O/c1-2-61-46-34-44(59-55-17-9-7-15-49(55)53-31-38(23-25-57(53)59)36-19-21-42-27-40-11-3-5-13-47(40)51(42)29-36)33-45(35-46)60-56-18-10-8-16-50(56)54-32-39(24-26-58(54)60)37-20-22-43-28-41-12-4-6-14-48(41)52(43)30-37/h2-26,29-35H,1,27-28H2. The minimum atomic E-state index is 0.726. The molecular weight excluding hydrogens is 741 g/mol. The Labute approximate surface area is 353 Å². The summed E-state index contributed by atoms with van der Waals surface area (Å²) in [6.45, 7) is 3.95. The zero-order chi connectivity index (χ0) is 40.2. The lowest BCUT2D eigenvalue weighted by atomic mass is 9.97. The van der Waals surface area contributed by atoms with Crippen LogP contribution in [0.2, 0.25) is 0 Å². The monoisotopic (exact) mass is 778 g/mol. The molecule has 3 heteroatoms. The average Bonchev–Trinajstić information content (AvgIpc) is 4.06. The fourth-order valence-electron chi connectivity index (χ4n) is 10.5. The molecule has 0 spiro atoms. The lowest BCUT2D eigenvalue weighted by Crippen LogP contribution is -2.00. The molecule has 286 valence electrons. The summed E-state index contributed by atoms with van der Waals surface area (Å²) in [5.74, 6) is 0.726. The SMILES string of the molecule is C=COc1cc(-n2c3ccccc3c3cc(-c4ccc5c(c4)-c4ccccc4C5)ccc32)cc(-n2c3ccccc3c3cc(-c4ccc5c(c4)-c4ccccc4C5)ccc32)c1. The van der Waals surface area contributed by atoms with Crippen molar-refractivity contribution in [1.29, 1.82) is 0 Å². The molecule has 0 saturated carbocycles. The third kappa shape index (κ3) is 5.17. The smallest absolute Gasteiger partial charge is 0.130 e. The van der Waals surface area contributed by atoms with E-state index in [0.29, 0.717) is 0 Å². The molecule has 3 nitrogen and oxygen atoms in total. The van der Waals surface area contributed by atoms with Gasteiger partial charge in [0.05, 0.1) is 39.7 Å². The summed E-state index contributed by atoms with van der Waals surface area (Å²) in [5.41, 5.74) is 22.5. The number of hydrogen-bond donors (Lipinski definition) is 0. The number of para-hydroxylation sites is 2. The summed E-state index contributed by atoms with van der Waals surface area (Å²) in [4.78, 5) is 0. The molecule has 0 amide bonds. The molecule has 2 aliphatic carbocycles. The van der Waals surface area contributed by atoms with Gasteiger partial charge in [0.15, 0.2) is 0 Å². The van der Waals surface area contributed by atoms with Crippen LogP contribution in [-0.2, 0) is 12.8 Å². The average molecular weight is 779 g/mol. The molecule has 0 aliphatic heterocycles. The van der Waals surface area contributed by atoms with Crippen molar-refractivity contribution in [3.63, 3.8) is 0 Å². The first-order valence-electron chi connectivity index (χ1n) is 21.1. The molecule has 61 heavy (non-hydrogen) atoms. The highest BCUT2D eigenvalue weighted by Crippen LogP contribution is 2.43. The third-order valence-corrected chi connectivity index (χ3v) is 13.2. The van der Waals surface area contributed by atoms with Gasteiger partial charge in [0.2, 0.25) is 0 Å².